The molecule has 0 radical (unpaired) electrons. The number of nitrogens with zero attached hydrogens (tertiary/aromatic N) is 1. The predicted octanol–water partition coefficient (Wildman–Crippen LogP) is 4.65. The molecule has 1 amide bonds. The smallest absolute Gasteiger partial charge is 0.343 e. The summed E-state index contributed by atoms with van der Waals surface area (Å²) in [5.41, 5.74) is 3.03. The number of hydrogen-bond acceptors (Lipinski definition) is 7. The Balaban J connectivity index is 1.47. The van der Waals surface area contributed by atoms with E-state index in [0.29, 0.717) is 16.9 Å². The average Bonchev–Trinajstić information content (AvgIpc) is 3.02. The first-order valence-electron chi connectivity index (χ1n) is 9.49. The molecule has 1 aliphatic heterocycles. The van der Waals surface area contributed by atoms with Gasteiger partial charge in [-0.15, -0.1) is 11.3 Å². The minimum absolute atomic E-state index is 0.0535. The van der Waals surface area contributed by atoms with Crippen LogP contribution in [0.15, 0.2) is 42.5 Å². The standard InChI is InChI=1S/C22H19N3O5S/c1-11-10-15(6-9-17(11)25(28)29)22(27)30-16-7-4-14(5-8-16)19-23-20(26)18-12(2)13(3)31-21(18)24-19/h4-10,19,24H,1-3H3,(H,23,26)/t19-/m0/s1. The van der Waals surface area contributed by atoms with E-state index in [-0.39, 0.29) is 23.3 Å². The van der Waals surface area contributed by atoms with Gasteiger partial charge in [0.15, 0.2) is 0 Å². The number of rotatable bonds is 4. The zero-order chi connectivity index (χ0) is 22.3. The van der Waals surface area contributed by atoms with Crippen LogP contribution in [0.4, 0.5) is 10.7 Å². The number of benzene rings is 2. The van der Waals surface area contributed by atoms with E-state index < -0.39 is 10.9 Å². The molecule has 2 aromatic carbocycles. The summed E-state index contributed by atoms with van der Waals surface area (Å²) in [6.45, 7) is 5.48. The Morgan fingerprint density at radius 3 is 2.45 bits per heavy atom. The van der Waals surface area contributed by atoms with Crippen LogP contribution in [0.2, 0.25) is 0 Å². The number of carbonyl (C=O) groups excluding carboxylic acids is 2. The highest BCUT2D eigenvalue weighted by molar-refractivity contribution is 7.16. The number of nitro groups is 1. The lowest BCUT2D eigenvalue weighted by Crippen LogP contribution is -2.38. The zero-order valence-electron chi connectivity index (χ0n) is 17.0. The Labute approximate surface area is 182 Å². The fraction of sp³-hybridized carbons (Fsp3) is 0.182. The second-order valence-corrected chi connectivity index (χ2v) is 8.48. The van der Waals surface area contributed by atoms with E-state index in [0.717, 1.165) is 21.0 Å². The number of nitrogens with one attached hydrogen (secondary N) is 2. The number of anilines is 1. The van der Waals surface area contributed by atoms with Crippen LogP contribution in [-0.4, -0.2) is 16.8 Å². The van der Waals surface area contributed by atoms with Crippen molar-refractivity contribution in [3.05, 3.63) is 85.3 Å². The third kappa shape index (κ3) is 3.87. The lowest BCUT2D eigenvalue weighted by atomic mass is 10.1. The minimum Gasteiger partial charge on any atom is -0.423 e. The monoisotopic (exact) mass is 437 g/mol. The maximum atomic E-state index is 12.5. The molecule has 1 aliphatic rings. The van der Waals surface area contributed by atoms with Gasteiger partial charge < -0.3 is 15.4 Å². The third-order valence-electron chi connectivity index (χ3n) is 5.22. The SMILES string of the molecule is Cc1cc(C(=O)Oc2ccc([C@H]3NC(=O)c4c(sc(C)c4C)N3)cc2)ccc1[N+](=O)[O-]. The molecule has 4 rings (SSSR count). The predicted molar refractivity (Wildman–Crippen MR) is 117 cm³/mol. The van der Waals surface area contributed by atoms with E-state index in [9.17, 15) is 19.7 Å². The average molecular weight is 437 g/mol. The number of ether oxygens (including phenoxy) is 1. The van der Waals surface area contributed by atoms with Gasteiger partial charge in [-0.3, -0.25) is 14.9 Å². The maximum Gasteiger partial charge on any atom is 0.343 e. The third-order valence-corrected chi connectivity index (χ3v) is 6.35. The molecule has 1 atom stereocenters. The number of aryl methyl sites for hydroxylation is 2. The number of fused-ring (bicyclic) bond motifs is 1. The highest BCUT2D eigenvalue weighted by Crippen LogP contribution is 2.37. The Kier molecular flexibility index (Phi) is 5.20. The van der Waals surface area contributed by atoms with Crippen LogP contribution >= 0.6 is 11.3 Å². The molecule has 1 aromatic heterocycles. The summed E-state index contributed by atoms with van der Waals surface area (Å²) < 4.78 is 5.38. The van der Waals surface area contributed by atoms with Crippen molar-refractivity contribution in [1.29, 1.82) is 0 Å². The number of nitro benzene ring substituents is 1. The van der Waals surface area contributed by atoms with Gasteiger partial charge in [0, 0.05) is 16.5 Å². The molecule has 0 saturated carbocycles. The quantitative estimate of drug-likeness (QED) is 0.266. The van der Waals surface area contributed by atoms with Crippen LogP contribution in [0.25, 0.3) is 0 Å². The fourth-order valence-corrected chi connectivity index (χ4v) is 4.51. The van der Waals surface area contributed by atoms with Crippen LogP contribution in [0.3, 0.4) is 0 Å². The molecular formula is C22H19N3O5S. The number of hydrogen-bond donors (Lipinski definition) is 2. The van der Waals surface area contributed by atoms with Crippen molar-refractivity contribution in [2.75, 3.05) is 5.32 Å². The van der Waals surface area contributed by atoms with E-state index >= 15 is 0 Å². The minimum atomic E-state index is -0.607. The number of esters is 1. The first-order chi connectivity index (χ1) is 14.7. The number of amides is 1. The van der Waals surface area contributed by atoms with Crippen molar-refractivity contribution in [2.45, 2.75) is 26.9 Å². The molecule has 0 bridgehead atoms. The first-order valence-corrected chi connectivity index (χ1v) is 10.3. The van der Waals surface area contributed by atoms with E-state index in [1.165, 1.54) is 18.2 Å². The van der Waals surface area contributed by atoms with Gasteiger partial charge in [0.1, 0.15) is 16.9 Å². The Morgan fingerprint density at radius 2 is 1.81 bits per heavy atom. The van der Waals surface area contributed by atoms with E-state index in [1.807, 2.05) is 13.8 Å². The summed E-state index contributed by atoms with van der Waals surface area (Å²) in [5.74, 6) is -0.399. The van der Waals surface area contributed by atoms with Crippen molar-refractivity contribution < 1.29 is 19.2 Å². The van der Waals surface area contributed by atoms with Gasteiger partial charge in [-0.25, -0.2) is 4.79 Å². The lowest BCUT2D eigenvalue weighted by molar-refractivity contribution is -0.385. The lowest BCUT2D eigenvalue weighted by Gasteiger charge is -2.26. The van der Waals surface area contributed by atoms with Gasteiger partial charge in [0.05, 0.1) is 16.1 Å². The van der Waals surface area contributed by atoms with Gasteiger partial charge in [-0.1, -0.05) is 12.1 Å². The van der Waals surface area contributed by atoms with Crippen LogP contribution < -0.4 is 15.4 Å². The first kappa shape index (κ1) is 20.5. The maximum absolute atomic E-state index is 12.5. The molecule has 2 N–H and O–H groups in total. The van der Waals surface area contributed by atoms with E-state index in [1.54, 1.807) is 42.5 Å². The second kappa shape index (κ2) is 7.84. The molecule has 3 aromatic rings. The molecule has 9 heteroatoms. The molecule has 2 heterocycles. The van der Waals surface area contributed by atoms with Crippen LogP contribution in [-0.2, 0) is 0 Å². The fourth-order valence-electron chi connectivity index (χ4n) is 3.42. The summed E-state index contributed by atoms with van der Waals surface area (Å²) in [6, 6.07) is 10.9. The summed E-state index contributed by atoms with van der Waals surface area (Å²) in [5, 5.41) is 18.0. The largest absolute Gasteiger partial charge is 0.423 e. The van der Waals surface area contributed by atoms with Crippen LogP contribution in [0.1, 0.15) is 48.4 Å². The van der Waals surface area contributed by atoms with Crippen LogP contribution in [0.5, 0.6) is 5.75 Å². The molecule has 31 heavy (non-hydrogen) atoms. The molecule has 158 valence electrons. The van der Waals surface area contributed by atoms with Gasteiger partial charge in [-0.05, 0) is 56.2 Å². The van der Waals surface area contributed by atoms with Crippen molar-refractivity contribution in [3.8, 4) is 5.75 Å². The molecule has 0 saturated heterocycles. The number of thiophene rings is 1. The molecule has 8 nitrogen and oxygen atoms in total. The van der Waals surface area contributed by atoms with Gasteiger partial charge >= 0.3 is 5.97 Å². The summed E-state index contributed by atoms with van der Waals surface area (Å²) >= 11 is 1.55. The summed E-state index contributed by atoms with van der Waals surface area (Å²) in [6.07, 6.45) is -0.389. The topological polar surface area (TPSA) is 111 Å². The molecule has 0 spiro atoms. The van der Waals surface area contributed by atoms with E-state index in [2.05, 4.69) is 10.6 Å². The molecule has 0 unspecified atom stereocenters. The van der Waals surface area contributed by atoms with Gasteiger partial charge in [0.2, 0.25) is 0 Å². The van der Waals surface area contributed by atoms with Crippen LogP contribution in [0, 0.1) is 30.9 Å². The zero-order valence-corrected chi connectivity index (χ0v) is 17.8. The Bertz CT molecular complexity index is 1220. The summed E-state index contributed by atoms with van der Waals surface area (Å²) in [4.78, 5) is 36.4. The Morgan fingerprint density at radius 1 is 1.10 bits per heavy atom. The van der Waals surface area contributed by atoms with Crippen molar-refractivity contribution in [3.63, 3.8) is 0 Å². The van der Waals surface area contributed by atoms with E-state index in [4.69, 9.17) is 4.74 Å². The summed E-state index contributed by atoms with van der Waals surface area (Å²) in [7, 11) is 0. The highest BCUT2D eigenvalue weighted by atomic mass is 32.1. The van der Waals surface area contributed by atoms with Gasteiger partial charge in [-0.2, -0.15) is 0 Å². The molecule has 0 fully saturated rings. The molecular weight excluding hydrogens is 418 g/mol. The Hall–Kier alpha value is -3.72. The van der Waals surface area contributed by atoms with Gasteiger partial charge in [0.25, 0.3) is 11.6 Å². The normalized spacial score (nSPS) is 14.9. The molecule has 0 aliphatic carbocycles. The van der Waals surface area contributed by atoms with Crippen molar-refractivity contribution >= 4 is 33.9 Å². The highest BCUT2D eigenvalue weighted by Gasteiger charge is 2.29. The number of carbonyl (C=O) groups is 2. The second-order valence-electron chi connectivity index (χ2n) is 7.26. The van der Waals surface area contributed by atoms with Crippen molar-refractivity contribution in [2.24, 2.45) is 0 Å². The van der Waals surface area contributed by atoms with Crippen molar-refractivity contribution in [1.82, 2.24) is 5.32 Å².